The maximum absolute atomic E-state index is 13.0. The first-order valence-electron chi connectivity index (χ1n) is 9.48. The molecule has 0 bridgehead atoms. The minimum Gasteiger partial charge on any atom is -0.495 e. The summed E-state index contributed by atoms with van der Waals surface area (Å²) in [5.41, 5.74) is 4.36. The van der Waals surface area contributed by atoms with Gasteiger partial charge in [0.2, 0.25) is 0 Å². The third-order valence-electron chi connectivity index (χ3n) is 5.09. The van der Waals surface area contributed by atoms with E-state index in [1.165, 1.54) is 7.11 Å². The van der Waals surface area contributed by atoms with E-state index in [-0.39, 0.29) is 11.1 Å². The zero-order valence-electron chi connectivity index (χ0n) is 17.2. The first kappa shape index (κ1) is 20.6. The Labute approximate surface area is 183 Å². The third-order valence-corrected chi connectivity index (χ3v) is 5.96. The summed E-state index contributed by atoms with van der Waals surface area (Å²) in [6.07, 6.45) is 1.74. The lowest BCUT2D eigenvalue weighted by molar-refractivity contribution is -0.113. The zero-order valence-corrected chi connectivity index (χ0v) is 18.0. The van der Waals surface area contributed by atoms with Crippen molar-refractivity contribution in [2.75, 3.05) is 12.0 Å². The molecule has 3 aromatic rings. The van der Waals surface area contributed by atoms with Gasteiger partial charge in [-0.15, -0.1) is 4.91 Å². The van der Waals surface area contributed by atoms with Crippen LogP contribution in [0, 0.1) is 18.8 Å². The number of nitrogens with zero attached hydrogens (tertiary/aromatic N) is 3. The molecule has 1 aliphatic heterocycles. The Balaban J connectivity index is 1.70. The lowest BCUT2D eigenvalue weighted by atomic mass is 10.2. The number of aromatic nitrogens is 1. The highest BCUT2D eigenvalue weighted by Crippen LogP contribution is 2.40. The fourth-order valence-corrected chi connectivity index (χ4v) is 4.45. The normalized spacial score (nSPS) is 15.1. The van der Waals surface area contributed by atoms with Crippen LogP contribution in [-0.4, -0.2) is 22.8 Å². The molecule has 0 aliphatic carbocycles. The van der Waals surface area contributed by atoms with E-state index in [0.717, 1.165) is 39.3 Å². The summed E-state index contributed by atoms with van der Waals surface area (Å²) in [7, 11) is 1.50. The summed E-state index contributed by atoms with van der Waals surface area (Å²) in [5.74, 6) is 0.0724. The van der Waals surface area contributed by atoms with Gasteiger partial charge < -0.3 is 9.30 Å². The van der Waals surface area contributed by atoms with Crippen molar-refractivity contribution in [3.63, 3.8) is 0 Å². The van der Waals surface area contributed by atoms with Crippen molar-refractivity contribution < 1.29 is 14.3 Å². The highest BCUT2D eigenvalue weighted by molar-refractivity contribution is 8.19. The monoisotopic (exact) mass is 433 g/mol. The van der Waals surface area contributed by atoms with E-state index < -0.39 is 0 Å². The van der Waals surface area contributed by atoms with Crippen molar-refractivity contribution in [3.05, 3.63) is 81.4 Å². The number of ether oxygens (including phenoxy) is 1. The van der Waals surface area contributed by atoms with Gasteiger partial charge >= 0.3 is 0 Å². The standard InChI is InChI=1S/C23H19N3O4S/c1-14-12-16(15(2)25(14)18-10-8-17(24-29)9-11-18)13-21-22(27)26(23(28)31-21)19-6-4-5-7-20(19)30-3/h4-13H,1-3H3. The number of aryl methyl sites for hydroxylation is 1. The minimum absolute atomic E-state index is 0.344. The van der Waals surface area contributed by atoms with Crippen molar-refractivity contribution in [1.82, 2.24) is 4.57 Å². The second-order valence-electron chi connectivity index (χ2n) is 6.96. The number of imide groups is 1. The van der Waals surface area contributed by atoms with Crippen molar-refractivity contribution in [3.8, 4) is 11.4 Å². The number of amides is 2. The fourth-order valence-electron chi connectivity index (χ4n) is 3.62. The number of methoxy groups -OCH3 is 1. The fraction of sp³-hybridized carbons (Fsp3) is 0.130. The van der Waals surface area contributed by atoms with Crippen LogP contribution in [-0.2, 0) is 4.79 Å². The average molecular weight is 433 g/mol. The SMILES string of the molecule is COc1ccccc1N1C(=O)SC(=Cc2cc(C)n(-c3ccc(N=O)cc3)c2C)C1=O. The average Bonchev–Trinajstić information content (AvgIpc) is 3.22. The van der Waals surface area contributed by atoms with Crippen molar-refractivity contribution >= 4 is 40.4 Å². The molecule has 4 rings (SSSR count). The van der Waals surface area contributed by atoms with Crippen LogP contribution in [0.1, 0.15) is 17.0 Å². The highest BCUT2D eigenvalue weighted by Gasteiger charge is 2.37. The Hall–Kier alpha value is -3.65. The van der Waals surface area contributed by atoms with Gasteiger partial charge in [0.15, 0.2) is 0 Å². The third kappa shape index (κ3) is 3.66. The number of benzene rings is 2. The molecule has 0 unspecified atom stereocenters. The number of para-hydroxylation sites is 2. The molecule has 0 radical (unpaired) electrons. The molecule has 0 N–H and O–H groups in total. The largest absolute Gasteiger partial charge is 0.495 e. The summed E-state index contributed by atoms with van der Waals surface area (Å²) in [5, 5.41) is 2.56. The lowest BCUT2D eigenvalue weighted by Gasteiger charge is -2.15. The van der Waals surface area contributed by atoms with Crippen molar-refractivity contribution in [2.45, 2.75) is 13.8 Å². The second kappa shape index (κ2) is 8.23. The highest BCUT2D eigenvalue weighted by atomic mass is 32.2. The van der Waals surface area contributed by atoms with Crippen molar-refractivity contribution in [1.29, 1.82) is 0 Å². The number of rotatable bonds is 5. The van der Waals surface area contributed by atoms with Crippen LogP contribution in [0.15, 0.2) is 64.7 Å². The van der Waals surface area contributed by atoms with Gasteiger partial charge in [0.25, 0.3) is 11.1 Å². The van der Waals surface area contributed by atoms with E-state index >= 15 is 0 Å². The molecule has 1 aliphatic rings. The molecule has 0 atom stereocenters. The predicted molar refractivity (Wildman–Crippen MR) is 122 cm³/mol. The number of anilines is 1. The predicted octanol–water partition coefficient (Wildman–Crippen LogP) is 5.74. The van der Waals surface area contributed by atoms with E-state index in [2.05, 4.69) is 5.18 Å². The summed E-state index contributed by atoms with van der Waals surface area (Å²) < 4.78 is 7.33. The molecular formula is C23H19N3O4S. The Kier molecular flexibility index (Phi) is 5.48. The van der Waals surface area contributed by atoms with Gasteiger partial charge in [0.1, 0.15) is 11.4 Å². The van der Waals surface area contributed by atoms with Gasteiger partial charge in [-0.3, -0.25) is 9.59 Å². The van der Waals surface area contributed by atoms with Gasteiger partial charge in [0.05, 0.1) is 17.7 Å². The number of hydrogen-bond acceptors (Lipinski definition) is 6. The molecule has 8 heteroatoms. The van der Waals surface area contributed by atoms with Gasteiger partial charge in [0, 0.05) is 17.1 Å². The molecule has 2 aromatic carbocycles. The minimum atomic E-state index is -0.384. The van der Waals surface area contributed by atoms with E-state index in [4.69, 9.17) is 4.74 Å². The van der Waals surface area contributed by atoms with E-state index in [9.17, 15) is 14.5 Å². The van der Waals surface area contributed by atoms with Gasteiger partial charge in [-0.2, -0.15) is 0 Å². The number of nitroso groups, excluding NO2 is 1. The van der Waals surface area contributed by atoms with Crippen LogP contribution in [0.5, 0.6) is 5.75 Å². The summed E-state index contributed by atoms with van der Waals surface area (Å²) >= 11 is 0.902. The first-order valence-corrected chi connectivity index (χ1v) is 10.3. The van der Waals surface area contributed by atoms with E-state index in [0.29, 0.717) is 22.0 Å². The van der Waals surface area contributed by atoms with Gasteiger partial charge in [-0.05, 0) is 84.9 Å². The van der Waals surface area contributed by atoms with Gasteiger partial charge in [-0.1, -0.05) is 12.1 Å². The number of hydrogen-bond donors (Lipinski definition) is 0. The van der Waals surface area contributed by atoms with Crippen LogP contribution in [0.25, 0.3) is 11.8 Å². The quantitative estimate of drug-likeness (QED) is 0.378. The topological polar surface area (TPSA) is 81.0 Å². The van der Waals surface area contributed by atoms with Crippen LogP contribution >= 0.6 is 11.8 Å². The molecule has 2 amide bonds. The Bertz CT molecular complexity index is 1230. The summed E-state index contributed by atoms with van der Waals surface area (Å²) in [6.45, 7) is 3.89. The number of carbonyl (C=O) groups excluding carboxylic acids is 2. The smallest absolute Gasteiger partial charge is 0.298 e. The zero-order chi connectivity index (χ0) is 22.1. The lowest BCUT2D eigenvalue weighted by Crippen LogP contribution is -2.28. The molecule has 1 fully saturated rings. The maximum atomic E-state index is 13.0. The van der Waals surface area contributed by atoms with Crippen LogP contribution in [0.3, 0.4) is 0 Å². The molecule has 0 saturated carbocycles. The number of carbonyl (C=O) groups is 2. The maximum Gasteiger partial charge on any atom is 0.298 e. The molecule has 1 aromatic heterocycles. The van der Waals surface area contributed by atoms with Crippen LogP contribution in [0.4, 0.5) is 16.2 Å². The van der Waals surface area contributed by atoms with E-state index in [1.807, 2.05) is 36.6 Å². The molecule has 7 nitrogen and oxygen atoms in total. The Morgan fingerprint density at radius 1 is 1.03 bits per heavy atom. The number of thioether (sulfide) groups is 1. The van der Waals surface area contributed by atoms with Crippen molar-refractivity contribution in [2.24, 2.45) is 5.18 Å². The van der Waals surface area contributed by atoms with Crippen LogP contribution < -0.4 is 9.64 Å². The van der Waals surface area contributed by atoms with Crippen LogP contribution in [0.2, 0.25) is 0 Å². The van der Waals surface area contributed by atoms with Gasteiger partial charge in [-0.25, -0.2) is 4.90 Å². The molecule has 31 heavy (non-hydrogen) atoms. The Morgan fingerprint density at radius 3 is 2.42 bits per heavy atom. The Morgan fingerprint density at radius 2 is 1.74 bits per heavy atom. The second-order valence-corrected chi connectivity index (χ2v) is 7.95. The summed E-state index contributed by atoms with van der Waals surface area (Å²) in [4.78, 5) is 37.8. The molecule has 1 saturated heterocycles. The summed E-state index contributed by atoms with van der Waals surface area (Å²) in [6, 6.07) is 15.8. The molecular weight excluding hydrogens is 414 g/mol. The first-order chi connectivity index (χ1) is 14.9. The molecule has 156 valence electrons. The molecule has 2 heterocycles. The molecule has 0 spiro atoms. The van der Waals surface area contributed by atoms with E-state index in [1.54, 1.807) is 42.5 Å².